The van der Waals surface area contributed by atoms with E-state index in [-0.39, 0.29) is 22.4 Å². The Labute approximate surface area is 260 Å². The summed E-state index contributed by atoms with van der Waals surface area (Å²) in [6.07, 6.45) is 6.33. The van der Waals surface area contributed by atoms with Crippen molar-refractivity contribution >= 4 is 51.6 Å². The predicted octanol–water partition coefficient (Wildman–Crippen LogP) is 5.50. The van der Waals surface area contributed by atoms with Gasteiger partial charge >= 0.3 is 0 Å². The van der Waals surface area contributed by atoms with Gasteiger partial charge in [0.05, 0.1) is 51.3 Å². The second-order valence-corrected chi connectivity index (χ2v) is 13.6. The molecule has 2 unspecified atom stereocenters. The van der Waals surface area contributed by atoms with Crippen LogP contribution in [-0.4, -0.2) is 48.3 Å². The first-order valence-electron chi connectivity index (χ1n) is 13.8. The van der Waals surface area contributed by atoms with Crippen LogP contribution in [0.15, 0.2) is 79.1 Å². The van der Waals surface area contributed by atoms with E-state index in [1.165, 1.54) is 18.3 Å². The lowest BCUT2D eigenvalue weighted by Gasteiger charge is -2.32. The molecule has 1 fully saturated rings. The number of nitriles is 1. The predicted molar refractivity (Wildman–Crippen MR) is 169 cm³/mol. The van der Waals surface area contributed by atoms with Crippen molar-refractivity contribution in [1.82, 2.24) is 20.0 Å². The number of hydrogen-bond acceptors (Lipinski definition) is 8. The fourth-order valence-electron chi connectivity index (χ4n) is 5.16. The van der Waals surface area contributed by atoms with E-state index in [1.807, 2.05) is 30.3 Å². The molecule has 0 bridgehead atoms. The fraction of sp³-hybridized carbons (Fsp3) is 0.226. The van der Waals surface area contributed by atoms with Crippen LogP contribution in [0.1, 0.15) is 47.3 Å². The summed E-state index contributed by atoms with van der Waals surface area (Å²) in [6, 6.07) is 20.0. The highest BCUT2D eigenvalue weighted by Gasteiger charge is 2.34. The molecular formula is C31H26BClFN7O2S. The van der Waals surface area contributed by atoms with Gasteiger partial charge in [-0.2, -0.15) is 5.26 Å². The molecule has 0 amide bonds. The van der Waals surface area contributed by atoms with E-state index in [4.69, 9.17) is 19.4 Å². The lowest BCUT2D eigenvalue weighted by Crippen LogP contribution is -2.37. The van der Waals surface area contributed by atoms with Crippen LogP contribution in [0.2, 0.25) is 5.02 Å². The number of sulfone groups is 1. The van der Waals surface area contributed by atoms with E-state index < -0.39 is 27.1 Å². The molecule has 2 aromatic heterocycles. The molecule has 3 aromatic carbocycles. The number of aromatic nitrogens is 4. The number of hydrogen-bond donors (Lipinski definition) is 2. The van der Waals surface area contributed by atoms with Crippen LogP contribution in [0.25, 0.3) is 10.9 Å². The van der Waals surface area contributed by atoms with Gasteiger partial charge in [-0.3, -0.25) is 4.98 Å². The second kappa shape index (κ2) is 11.6. The Morgan fingerprint density at radius 3 is 2.57 bits per heavy atom. The van der Waals surface area contributed by atoms with Crippen molar-refractivity contribution in [2.45, 2.75) is 30.4 Å². The van der Waals surface area contributed by atoms with Crippen molar-refractivity contribution in [1.29, 1.82) is 5.26 Å². The maximum atomic E-state index is 13.9. The summed E-state index contributed by atoms with van der Waals surface area (Å²) in [5.74, 6) is -0.635. The van der Waals surface area contributed by atoms with E-state index in [2.05, 4.69) is 32.0 Å². The van der Waals surface area contributed by atoms with Crippen molar-refractivity contribution in [2.24, 2.45) is 0 Å². The van der Waals surface area contributed by atoms with Gasteiger partial charge in [0.25, 0.3) is 0 Å². The zero-order valence-electron chi connectivity index (χ0n) is 23.6. The molecule has 2 atom stereocenters. The number of nitrogens with one attached hydrogen (secondary N) is 2. The lowest BCUT2D eigenvalue weighted by atomic mass is 9.69. The van der Waals surface area contributed by atoms with Crippen LogP contribution in [-0.2, 0) is 15.3 Å². The molecule has 6 rings (SSSR count). The summed E-state index contributed by atoms with van der Waals surface area (Å²) in [5, 5.41) is 26.0. The SMILES string of the molecule is [B]C(Nc1cc(Cl)c2ncc(C#N)c(NC(CS(C)(=O)=O)c3ccccc3)c2c1)(c1ccc(F)cc1)c1cn(C2CC2)nn1. The van der Waals surface area contributed by atoms with Crippen LogP contribution in [0, 0.1) is 17.1 Å². The number of pyridine rings is 1. The Bertz CT molecular complexity index is 2000. The molecule has 2 radical (unpaired) electrons. The third kappa shape index (κ3) is 6.11. The van der Waals surface area contributed by atoms with Crippen LogP contribution < -0.4 is 10.6 Å². The number of fused-ring (bicyclic) bond motifs is 1. The maximum absolute atomic E-state index is 13.9. The van der Waals surface area contributed by atoms with Gasteiger partial charge in [0, 0.05) is 23.5 Å². The fourth-order valence-corrected chi connectivity index (χ4v) is 6.30. The average molecular weight is 626 g/mol. The van der Waals surface area contributed by atoms with E-state index in [9.17, 15) is 18.1 Å². The van der Waals surface area contributed by atoms with Crippen molar-refractivity contribution in [3.8, 4) is 6.07 Å². The third-order valence-electron chi connectivity index (χ3n) is 7.51. The number of rotatable bonds is 10. The van der Waals surface area contributed by atoms with Crippen molar-refractivity contribution < 1.29 is 12.8 Å². The van der Waals surface area contributed by atoms with Gasteiger partial charge in [-0.25, -0.2) is 17.5 Å². The zero-order chi connectivity index (χ0) is 31.1. The van der Waals surface area contributed by atoms with Gasteiger partial charge in [-0.15, -0.1) is 5.10 Å². The lowest BCUT2D eigenvalue weighted by molar-refractivity contribution is 0.597. The second-order valence-electron chi connectivity index (χ2n) is 11.0. The minimum atomic E-state index is -3.43. The molecule has 1 saturated carbocycles. The standard InChI is InChI=1S/C31H26BClFN7O2S/c1-44(42,43)18-27(19-5-3-2-4-6-19)37-29-20(15-35)16-36-30-25(29)13-23(14-26(30)33)38-31(32,21-7-9-22(34)10-8-21)28-17-41(40-39-28)24-11-12-24/h2-10,13-14,16-17,24,27,38H,11-12,18H2,1H3,(H,36,37). The van der Waals surface area contributed by atoms with E-state index in [1.54, 1.807) is 35.1 Å². The molecule has 0 saturated heterocycles. The van der Waals surface area contributed by atoms with Gasteiger partial charge in [-0.1, -0.05) is 59.3 Å². The summed E-state index contributed by atoms with van der Waals surface area (Å²) in [5.41, 5.74) is 1.62. The third-order valence-corrected chi connectivity index (χ3v) is 8.74. The summed E-state index contributed by atoms with van der Waals surface area (Å²) >= 11 is 6.75. The number of benzene rings is 3. The highest BCUT2D eigenvalue weighted by Crippen LogP contribution is 2.39. The molecule has 1 aliphatic rings. The largest absolute Gasteiger partial charge is 0.378 e. The van der Waals surface area contributed by atoms with Gasteiger partial charge in [-0.05, 0) is 48.2 Å². The molecule has 5 aromatic rings. The maximum Gasteiger partial charge on any atom is 0.149 e. The molecule has 2 N–H and O–H groups in total. The smallest absolute Gasteiger partial charge is 0.149 e. The zero-order valence-corrected chi connectivity index (χ0v) is 25.1. The Morgan fingerprint density at radius 2 is 1.91 bits per heavy atom. The highest BCUT2D eigenvalue weighted by molar-refractivity contribution is 7.90. The Hall–Kier alpha value is -4.47. The summed E-state index contributed by atoms with van der Waals surface area (Å²) < 4.78 is 40.5. The summed E-state index contributed by atoms with van der Waals surface area (Å²) in [7, 11) is 3.60. The summed E-state index contributed by atoms with van der Waals surface area (Å²) in [4.78, 5) is 4.42. The first kappa shape index (κ1) is 29.6. The quantitative estimate of drug-likeness (QED) is 0.195. The van der Waals surface area contributed by atoms with E-state index in [0.29, 0.717) is 33.5 Å². The topological polar surface area (TPSA) is 126 Å². The van der Waals surface area contributed by atoms with E-state index >= 15 is 0 Å². The first-order chi connectivity index (χ1) is 21.0. The highest BCUT2D eigenvalue weighted by atomic mass is 35.5. The molecule has 2 heterocycles. The Balaban J connectivity index is 1.47. The molecule has 1 aliphatic carbocycles. The van der Waals surface area contributed by atoms with Crippen LogP contribution >= 0.6 is 11.6 Å². The number of anilines is 2. The molecule has 13 heteroatoms. The van der Waals surface area contributed by atoms with Crippen molar-refractivity contribution in [3.05, 3.63) is 112 Å². The van der Waals surface area contributed by atoms with Crippen LogP contribution in [0.4, 0.5) is 15.8 Å². The molecule has 0 spiro atoms. The van der Waals surface area contributed by atoms with Crippen LogP contribution in [0.5, 0.6) is 0 Å². The number of halogens is 2. The van der Waals surface area contributed by atoms with Crippen molar-refractivity contribution in [2.75, 3.05) is 22.6 Å². The molecule has 9 nitrogen and oxygen atoms in total. The van der Waals surface area contributed by atoms with Gasteiger partial charge in [0.2, 0.25) is 0 Å². The van der Waals surface area contributed by atoms with Crippen LogP contribution in [0.3, 0.4) is 0 Å². The molecule has 44 heavy (non-hydrogen) atoms. The summed E-state index contributed by atoms with van der Waals surface area (Å²) in [6.45, 7) is 0. The number of nitrogens with zero attached hydrogens (tertiary/aromatic N) is 5. The minimum absolute atomic E-state index is 0.199. The molecule has 0 aliphatic heterocycles. The normalized spacial score (nSPS) is 15.3. The first-order valence-corrected chi connectivity index (χ1v) is 16.2. The molecule has 220 valence electrons. The Morgan fingerprint density at radius 1 is 1.18 bits per heavy atom. The minimum Gasteiger partial charge on any atom is -0.378 e. The van der Waals surface area contributed by atoms with Gasteiger partial charge < -0.3 is 10.6 Å². The monoisotopic (exact) mass is 625 g/mol. The van der Waals surface area contributed by atoms with Gasteiger partial charge in [0.15, 0.2) is 0 Å². The Kier molecular flexibility index (Phi) is 7.78. The van der Waals surface area contributed by atoms with Crippen molar-refractivity contribution in [3.63, 3.8) is 0 Å². The van der Waals surface area contributed by atoms with E-state index in [0.717, 1.165) is 24.7 Å². The average Bonchev–Trinajstić information content (AvgIpc) is 3.72. The molecular weight excluding hydrogens is 600 g/mol. The van der Waals surface area contributed by atoms with Gasteiger partial charge in [0.1, 0.15) is 35.3 Å².